The van der Waals surface area contributed by atoms with Crippen LogP contribution in [0.25, 0.3) is 5.69 Å². The van der Waals surface area contributed by atoms with Crippen LogP contribution in [0.15, 0.2) is 72.9 Å². The highest BCUT2D eigenvalue weighted by Gasteiger charge is 2.42. The fourth-order valence-corrected chi connectivity index (χ4v) is 6.08. The molecule has 1 aliphatic heterocycles. The SMILES string of the molecule is CCc1ccccc1-n1c(C)cc([C@H]2[C@H](c3ccccn3)NC(=S)N2c2ccc(NC(=O)COC)c(Cl)c2)c1C. The van der Waals surface area contributed by atoms with Crippen LogP contribution in [0.3, 0.4) is 0 Å². The number of aryl methyl sites for hydroxylation is 2. The first-order valence-electron chi connectivity index (χ1n) is 13.2. The van der Waals surface area contributed by atoms with E-state index in [0.717, 1.165) is 34.8 Å². The number of halogens is 1. The second kappa shape index (κ2) is 11.8. The molecule has 3 heterocycles. The van der Waals surface area contributed by atoms with E-state index in [1.807, 2.05) is 30.3 Å². The molecule has 7 nitrogen and oxygen atoms in total. The van der Waals surface area contributed by atoms with Gasteiger partial charge in [0.25, 0.3) is 0 Å². The van der Waals surface area contributed by atoms with Gasteiger partial charge in [-0.3, -0.25) is 9.78 Å². The Balaban J connectivity index is 1.62. The Kier molecular flexibility index (Phi) is 8.21. The molecule has 0 spiro atoms. The lowest BCUT2D eigenvalue weighted by Crippen LogP contribution is -2.29. The van der Waals surface area contributed by atoms with Gasteiger partial charge in [0.05, 0.1) is 28.5 Å². The number of para-hydroxylation sites is 1. The number of ether oxygens (including phenoxy) is 1. The highest BCUT2D eigenvalue weighted by Crippen LogP contribution is 2.45. The molecule has 1 fully saturated rings. The molecule has 1 saturated heterocycles. The summed E-state index contributed by atoms with van der Waals surface area (Å²) < 4.78 is 7.25. The molecule has 2 aromatic heterocycles. The second-order valence-electron chi connectivity index (χ2n) is 9.79. The smallest absolute Gasteiger partial charge is 0.250 e. The molecule has 4 aromatic rings. The highest BCUT2D eigenvalue weighted by atomic mass is 35.5. The number of hydrogen-bond acceptors (Lipinski definition) is 4. The molecule has 1 aliphatic rings. The summed E-state index contributed by atoms with van der Waals surface area (Å²) in [6, 6.07) is 21.8. The van der Waals surface area contributed by atoms with Gasteiger partial charge in [-0.15, -0.1) is 0 Å². The van der Waals surface area contributed by atoms with E-state index in [4.69, 9.17) is 28.6 Å². The average molecular weight is 574 g/mol. The summed E-state index contributed by atoms with van der Waals surface area (Å²) in [5.41, 5.74) is 8.10. The standard InChI is InChI=1S/C31H32ClN5O2S/c1-5-21-10-6-7-12-27(21)36-19(2)16-23(20(36)3)30-29(26-11-8-9-15-33-26)35-31(40)37(30)22-13-14-25(24(32)17-22)34-28(38)18-39-4/h6-17,29-30H,5,18H2,1-4H3,(H,34,38)(H,35,40)/t29-,30-/m0/s1. The third-order valence-corrected chi connectivity index (χ3v) is 7.91. The molecule has 5 rings (SSSR count). The number of rotatable bonds is 8. The van der Waals surface area contributed by atoms with Crippen molar-refractivity contribution >= 4 is 46.2 Å². The van der Waals surface area contributed by atoms with E-state index in [1.54, 1.807) is 12.3 Å². The van der Waals surface area contributed by atoms with Crippen molar-refractivity contribution in [2.24, 2.45) is 0 Å². The number of amides is 1. The molecule has 40 heavy (non-hydrogen) atoms. The first-order valence-corrected chi connectivity index (χ1v) is 14.0. The number of nitrogens with zero attached hydrogens (tertiary/aromatic N) is 3. The molecule has 9 heteroatoms. The number of benzene rings is 2. The van der Waals surface area contributed by atoms with Gasteiger partial charge in [-0.2, -0.15) is 0 Å². The van der Waals surface area contributed by atoms with Crippen molar-refractivity contribution in [2.75, 3.05) is 23.9 Å². The van der Waals surface area contributed by atoms with Crippen LogP contribution in [0.1, 0.15) is 47.2 Å². The van der Waals surface area contributed by atoms with E-state index in [9.17, 15) is 4.79 Å². The number of anilines is 2. The van der Waals surface area contributed by atoms with Gasteiger partial charge in [-0.1, -0.05) is 42.8 Å². The monoisotopic (exact) mass is 573 g/mol. The number of aromatic nitrogens is 2. The number of pyridine rings is 1. The molecule has 0 aliphatic carbocycles. The van der Waals surface area contributed by atoms with Crippen molar-refractivity contribution < 1.29 is 9.53 Å². The van der Waals surface area contributed by atoms with Gasteiger partial charge in [0, 0.05) is 36.1 Å². The van der Waals surface area contributed by atoms with E-state index in [-0.39, 0.29) is 24.6 Å². The first kappa shape index (κ1) is 27.8. The summed E-state index contributed by atoms with van der Waals surface area (Å²) >= 11 is 12.6. The second-order valence-corrected chi connectivity index (χ2v) is 10.6. The quantitative estimate of drug-likeness (QED) is 0.236. The van der Waals surface area contributed by atoms with Gasteiger partial charge in [-0.25, -0.2) is 0 Å². The molecule has 0 radical (unpaired) electrons. The van der Waals surface area contributed by atoms with E-state index in [0.29, 0.717) is 15.8 Å². The van der Waals surface area contributed by atoms with Crippen LogP contribution in [0.5, 0.6) is 0 Å². The Morgan fingerprint density at radius 2 is 1.90 bits per heavy atom. The van der Waals surface area contributed by atoms with Crippen LogP contribution >= 0.6 is 23.8 Å². The van der Waals surface area contributed by atoms with Crippen LogP contribution < -0.4 is 15.5 Å². The largest absolute Gasteiger partial charge is 0.375 e. The predicted octanol–water partition coefficient (Wildman–Crippen LogP) is 6.47. The number of nitrogens with one attached hydrogen (secondary N) is 2. The Hall–Kier alpha value is -3.72. The van der Waals surface area contributed by atoms with E-state index in [2.05, 4.69) is 76.2 Å². The molecular weight excluding hydrogens is 542 g/mol. The highest BCUT2D eigenvalue weighted by molar-refractivity contribution is 7.80. The number of hydrogen-bond donors (Lipinski definition) is 2. The Morgan fingerprint density at radius 3 is 2.60 bits per heavy atom. The van der Waals surface area contributed by atoms with Crippen LogP contribution in [-0.4, -0.2) is 34.3 Å². The number of methoxy groups -OCH3 is 1. The fourth-order valence-electron chi connectivity index (χ4n) is 5.51. The maximum Gasteiger partial charge on any atom is 0.250 e. The molecule has 1 amide bonds. The molecule has 2 atom stereocenters. The predicted molar refractivity (Wildman–Crippen MR) is 165 cm³/mol. The topological polar surface area (TPSA) is 71.4 Å². The summed E-state index contributed by atoms with van der Waals surface area (Å²) in [5.74, 6) is -0.275. The Bertz CT molecular complexity index is 1550. The minimum atomic E-state index is -0.275. The molecule has 0 saturated carbocycles. The molecule has 2 N–H and O–H groups in total. The third kappa shape index (κ3) is 5.22. The van der Waals surface area contributed by atoms with Crippen molar-refractivity contribution in [3.8, 4) is 5.69 Å². The van der Waals surface area contributed by atoms with Crippen molar-refractivity contribution in [2.45, 2.75) is 39.3 Å². The maximum atomic E-state index is 12.1. The zero-order chi connectivity index (χ0) is 28.4. The van der Waals surface area contributed by atoms with Gasteiger partial charge in [0.2, 0.25) is 5.91 Å². The summed E-state index contributed by atoms with van der Waals surface area (Å²) in [5, 5.41) is 7.30. The zero-order valence-electron chi connectivity index (χ0n) is 22.9. The fraction of sp³-hybridized carbons (Fsp3) is 0.258. The zero-order valence-corrected chi connectivity index (χ0v) is 24.5. The van der Waals surface area contributed by atoms with E-state index in [1.165, 1.54) is 18.4 Å². The molecule has 206 valence electrons. The number of carbonyl (C=O) groups is 1. The molecule has 0 bridgehead atoms. The minimum absolute atomic E-state index is 0.0528. The van der Waals surface area contributed by atoms with Crippen molar-refractivity contribution in [1.29, 1.82) is 0 Å². The van der Waals surface area contributed by atoms with Crippen LogP contribution in [0.2, 0.25) is 5.02 Å². The van der Waals surface area contributed by atoms with E-state index >= 15 is 0 Å². The van der Waals surface area contributed by atoms with Crippen LogP contribution in [-0.2, 0) is 16.0 Å². The van der Waals surface area contributed by atoms with Gasteiger partial charge < -0.3 is 24.8 Å². The van der Waals surface area contributed by atoms with Crippen molar-refractivity contribution in [1.82, 2.24) is 14.9 Å². The molecule has 2 aromatic carbocycles. The van der Waals surface area contributed by atoms with Crippen molar-refractivity contribution in [3.05, 3.63) is 106 Å². The van der Waals surface area contributed by atoms with Gasteiger partial charge in [0.1, 0.15) is 6.61 Å². The first-order chi connectivity index (χ1) is 19.3. The lowest BCUT2D eigenvalue weighted by Gasteiger charge is -2.28. The maximum absolute atomic E-state index is 12.1. The Labute approximate surface area is 245 Å². The van der Waals surface area contributed by atoms with Gasteiger partial charge >= 0.3 is 0 Å². The number of thiocarbonyl (C=S) groups is 1. The van der Waals surface area contributed by atoms with Gasteiger partial charge in [-0.05, 0) is 86.1 Å². The summed E-state index contributed by atoms with van der Waals surface area (Å²) in [4.78, 5) is 18.9. The molecule has 0 unspecified atom stereocenters. The van der Waals surface area contributed by atoms with Crippen molar-refractivity contribution in [3.63, 3.8) is 0 Å². The summed E-state index contributed by atoms with van der Waals surface area (Å²) in [6.45, 7) is 6.42. The lowest BCUT2D eigenvalue weighted by atomic mass is 9.96. The van der Waals surface area contributed by atoms with Crippen LogP contribution in [0, 0.1) is 13.8 Å². The lowest BCUT2D eigenvalue weighted by molar-refractivity contribution is -0.119. The third-order valence-electron chi connectivity index (χ3n) is 7.28. The van der Waals surface area contributed by atoms with E-state index < -0.39 is 0 Å². The van der Waals surface area contributed by atoms with Crippen LogP contribution in [0.4, 0.5) is 11.4 Å². The normalized spacial score (nSPS) is 16.7. The summed E-state index contributed by atoms with van der Waals surface area (Å²) in [7, 11) is 1.47. The number of carbonyl (C=O) groups excluding carboxylic acids is 1. The molecular formula is C31H32ClN5O2S. The Morgan fingerprint density at radius 1 is 1.12 bits per heavy atom. The minimum Gasteiger partial charge on any atom is -0.375 e. The average Bonchev–Trinajstić information content (AvgIpc) is 3.45. The summed E-state index contributed by atoms with van der Waals surface area (Å²) in [6.07, 6.45) is 2.74. The van der Waals surface area contributed by atoms with Gasteiger partial charge in [0.15, 0.2) is 5.11 Å².